The van der Waals surface area contributed by atoms with Crippen molar-refractivity contribution < 1.29 is 14.3 Å². The van der Waals surface area contributed by atoms with Gasteiger partial charge < -0.3 is 25.4 Å². The first-order valence-corrected chi connectivity index (χ1v) is 8.74. The fourth-order valence-corrected chi connectivity index (χ4v) is 2.00. The zero-order chi connectivity index (χ0) is 18.6. The Hall–Kier alpha value is -1.50. The number of ether oxygens (including phenoxy) is 2. The third kappa shape index (κ3) is 11.1. The van der Waals surface area contributed by atoms with Gasteiger partial charge in [0.1, 0.15) is 0 Å². The lowest BCUT2D eigenvalue weighted by Crippen LogP contribution is -2.48. The quantitative estimate of drug-likeness (QED) is 0.418. The zero-order valence-corrected chi connectivity index (χ0v) is 16.4. The van der Waals surface area contributed by atoms with Crippen LogP contribution in [0.15, 0.2) is 4.99 Å². The van der Waals surface area contributed by atoms with E-state index < -0.39 is 0 Å². The normalized spacial score (nSPS) is 13.6. The second-order valence-electron chi connectivity index (χ2n) is 6.73. The minimum atomic E-state index is -0.382. The fraction of sp³-hybridized carbons (Fsp3) is 0.882. The van der Waals surface area contributed by atoms with Crippen molar-refractivity contribution in [3.05, 3.63) is 0 Å². The molecule has 7 nitrogen and oxygen atoms in total. The van der Waals surface area contributed by atoms with Gasteiger partial charge in [0.05, 0.1) is 18.8 Å². The van der Waals surface area contributed by atoms with Crippen LogP contribution in [0.5, 0.6) is 0 Å². The second kappa shape index (κ2) is 11.9. The predicted molar refractivity (Wildman–Crippen MR) is 98.5 cm³/mol. The molecule has 24 heavy (non-hydrogen) atoms. The molecule has 1 unspecified atom stereocenters. The van der Waals surface area contributed by atoms with Gasteiger partial charge in [-0.05, 0) is 40.0 Å². The first kappa shape index (κ1) is 22.5. The van der Waals surface area contributed by atoms with Crippen LogP contribution in [0.25, 0.3) is 0 Å². The molecule has 0 saturated heterocycles. The monoisotopic (exact) mass is 344 g/mol. The molecule has 0 aliphatic rings. The molecule has 1 atom stereocenters. The molecule has 7 heteroatoms. The number of hydrogen-bond donors (Lipinski definition) is 3. The highest BCUT2D eigenvalue weighted by Crippen LogP contribution is 2.07. The number of nitrogens with one attached hydrogen (secondary N) is 3. The Kier molecular flexibility index (Phi) is 11.2. The Morgan fingerprint density at radius 1 is 1.21 bits per heavy atom. The highest BCUT2D eigenvalue weighted by Gasteiger charge is 2.17. The molecule has 0 aliphatic heterocycles. The van der Waals surface area contributed by atoms with Gasteiger partial charge in [0.15, 0.2) is 5.96 Å². The van der Waals surface area contributed by atoms with Crippen LogP contribution in [0, 0.1) is 5.92 Å². The molecule has 0 spiro atoms. The first-order chi connectivity index (χ1) is 11.2. The van der Waals surface area contributed by atoms with Crippen molar-refractivity contribution in [3.8, 4) is 0 Å². The topological polar surface area (TPSA) is 84.0 Å². The Morgan fingerprint density at radius 3 is 2.38 bits per heavy atom. The molecule has 0 aromatic rings. The average molecular weight is 345 g/mol. The van der Waals surface area contributed by atoms with Gasteiger partial charge in [-0.1, -0.05) is 13.8 Å². The van der Waals surface area contributed by atoms with Crippen LogP contribution < -0.4 is 16.0 Å². The maximum Gasteiger partial charge on any atom is 0.407 e. The van der Waals surface area contributed by atoms with Crippen LogP contribution in [-0.2, 0) is 9.47 Å². The molecule has 0 rings (SSSR count). The third-order valence-electron chi connectivity index (χ3n) is 3.38. The summed E-state index contributed by atoms with van der Waals surface area (Å²) in [6, 6.07) is -0.0247. The van der Waals surface area contributed by atoms with Crippen molar-refractivity contribution >= 4 is 12.1 Å². The van der Waals surface area contributed by atoms with E-state index in [4.69, 9.17) is 9.47 Å². The Labute approximate surface area is 147 Å². The fourth-order valence-electron chi connectivity index (χ4n) is 2.00. The lowest BCUT2D eigenvalue weighted by molar-refractivity contribution is 0.0310. The maximum atomic E-state index is 11.7. The van der Waals surface area contributed by atoms with Crippen LogP contribution in [0.3, 0.4) is 0 Å². The van der Waals surface area contributed by atoms with Crippen LogP contribution in [0.1, 0.15) is 48.0 Å². The van der Waals surface area contributed by atoms with Crippen LogP contribution in [0.2, 0.25) is 0 Å². The molecule has 142 valence electrons. The van der Waals surface area contributed by atoms with Crippen molar-refractivity contribution in [2.75, 3.05) is 33.4 Å². The lowest BCUT2D eigenvalue weighted by atomic mass is 10.0. The van der Waals surface area contributed by atoms with E-state index in [2.05, 4.69) is 34.8 Å². The predicted octanol–water partition coefficient (Wildman–Crippen LogP) is 2.13. The SMILES string of the molecule is CCNC(=NCC(C)(C)OC)NCC(CC(C)C)NC(=O)OCC. The highest BCUT2D eigenvalue weighted by molar-refractivity contribution is 5.79. The Bertz CT molecular complexity index is 384. The molecule has 0 aliphatic carbocycles. The molecule has 0 radical (unpaired) electrons. The number of carbonyl (C=O) groups excluding carboxylic acids is 1. The zero-order valence-electron chi connectivity index (χ0n) is 16.4. The van der Waals surface area contributed by atoms with Crippen LogP contribution in [-0.4, -0.2) is 57.0 Å². The molecule has 0 aromatic heterocycles. The van der Waals surface area contributed by atoms with E-state index in [1.54, 1.807) is 14.0 Å². The summed E-state index contributed by atoms with van der Waals surface area (Å²) >= 11 is 0. The largest absolute Gasteiger partial charge is 0.450 e. The summed E-state index contributed by atoms with van der Waals surface area (Å²) in [6.07, 6.45) is 0.474. The van der Waals surface area contributed by atoms with Crippen molar-refractivity contribution in [2.45, 2.75) is 59.6 Å². The number of methoxy groups -OCH3 is 1. The number of aliphatic imine (C=N–C) groups is 1. The van der Waals surface area contributed by atoms with Crippen LogP contribution >= 0.6 is 0 Å². The number of carbonyl (C=O) groups is 1. The van der Waals surface area contributed by atoms with E-state index in [0.717, 1.165) is 13.0 Å². The van der Waals surface area contributed by atoms with Gasteiger partial charge in [-0.15, -0.1) is 0 Å². The maximum absolute atomic E-state index is 11.7. The van der Waals surface area contributed by atoms with Gasteiger partial charge in [0, 0.05) is 26.2 Å². The summed E-state index contributed by atoms with van der Waals surface area (Å²) < 4.78 is 10.4. The molecule has 0 aromatic carbocycles. The molecule has 1 amide bonds. The Morgan fingerprint density at radius 2 is 1.88 bits per heavy atom. The van der Waals surface area contributed by atoms with E-state index in [9.17, 15) is 4.79 Å². The summed E-state index contributed by atoms with van der Waals surface area (Å²) in [5.41, 5.74) is -0.317. The number of hydrogen-bond acceptors (Lipinski definition) is 4. The molecule has 0 bridgehead atoms. The van der Waals surface area contributed by atoms with Crippen molar-refractivity contribution in [1.29, 1.82) is 0 Å². The molecule has 3 N–H and O–H groups in total. The summed E-state index contributed by atoms with van der Waals surface area (Å²) in [7, 11) is 1.68. The van der Waals surface area contributed by atoms with Crippen molar-refractivity contribution in [2.24, 2.45) is 10.9 Å². The highest BCUT2D eigenvalue weighted by atomic mass is 16.5. The van der Waals surface area contributed by atoms with E-state index in [1.807, 2.05) is 20.8 Å². The standard InChI is InChI=1S/C17H36N4O3/c1-8-18-15(20-12-17(5,6)23-7)19-11-14(10-13(3)4)21-16(22)24-9-2/h13-14H,8-12H2,1-7H3,(H,21,22)(H2,18,19,20). The van der Waals surface area contributed by atoms with Gasteiger partial charge in [-0.2, -0.15) is 0 Å². The van der Waals surface area contributed by atoms with Crippen LogP contribution in [0.4, 0.5) is 4.79 Å². The molecular formula is C17H36N4O3. The van der Waals surface area contributed by atoms with Gasteiger partial charge in [-0.3, -0.25) is 4.99 Å². The van der Waals surface area contributed by atoms with E-state index in [0.29, 0.717) is 31.6 Å². The lowest BCUT2D eigenvalue weighted by Gasteiger charge is -2.23. The molecule has 0 fully saturated rings. The smallest absolute Gasteiger partial charge is 0.407 e. The Balaban J connectivity index is 4.72. The summed E-state index contributed by atoms with van der Waals surface area (Å²) in [5, 5.41) is 9.39. The molecule has 0 heterocycles. The third-order valence-corrected chi connectivity index (χ3v) is 3.38. The summed E-state index contributed by atoms with van der Waals surface area (Å²) in [6.45, 7) is 14.3. The number of rotatable bonds is 10. The van der Waals surface area contributed by atoms with Gasteiger partial charge in [-0.25, -0.2) is 4.79 Å². The number of guanidine groups is 1. The first-order valence-electron chi connectivity index (χ1n) is 8.74. The summed E-state index contributed by atoms with van der Waals surface area (Å²) in [5.74, 6) is 1.17. The van der Waals surface area contributed by atoms with Crippen molar-refractivity contribution in [1.82, 2.24) is 16.0 Å². The number of nitrogens with zero attached hydrogens (tertiary/aromatic N) is 1. The molecular weight excluding hydrogens is 308 g/mol. The van der Waals surface area contributed by atoms with Gasteiger partial charge >= 0.3 is 6.09 Å². The minimum Gasteiger partial charge on any atom is -0.450 e. The van der Waals surface area contributed by atoms with E-state index in [1.165, 1.54) is 0 Å². The van der Waals surface area contributed by atoms with E-state index >= 15 is 0 Å². The minimum absolute atomic E-state index is 0.0247. The van der Waals surface area contributed by atoms with E-state index in [-0.39, 0.29) is 17.7 Å². The van der Waals surface area contributed by atoms with Gasteiger partial charge in [0.2, 0.25) is 0 Å². The second-order valence-corrected chi connectivity index (χ2v) is 6.73. The van der Waals surface area contributed by atoms with Gasteiger partial charge in [0.25, 0.3) is 0 Å². The molecule has 0 saturated carbocycles. The number of amides is 1. The van der Waals surface area contributed by atoms with Crippen molar-refractivity contribution in [3.63, 3.8) is 0 Å². The number of alkyl carbamates (subject to hydrolysis) is 1. The average Bonchev–Trinajstić information content (AvgIpc) is 2.49. The summed E-state index contributed by atoms with van der Waals surface area (Å²) in [4.78, 5) is 16.2.